The summed E-state index contributed by atoms with van der Waals surface area (Å²) in [4.78, 5) is 23.7. The summed E-state index contributed by atoms with van der Waals surface area (Å²) in [7, 11) is 1.62. The number of para-hydroxylation sites is 1. The van der Waals surface area contributed by atoms with Crippen LogP contribution in [0.15, 0.2) is 41.1 Å². The molecule has 0 aliphatic carbocycles. The Kier molecular flexibility index (Phi) is 5.83. The summed E-state index contributed by atoms with van der Waals surface area (Å²) in [5.74, 6) is 1.79. The van der Waals surface area contributed by atoms with Crippen molar-refractivity contribution in [1.82, 2.24) is 14.9 Å². The number of likely N-dealkylation sites (tertiary alicyclic amines) is 1. The predicted octanol–water partition coefficient (Wildman–Crippen LogP) is 3.80. The number of methoxy groups -OCH3 is 1. The van der Waals surface area contributed by atoms with E-state index in [4.69, 9.17) is 14.7 Å². The second-order valence-corrected chi connectivity index (χ2v) is 7.75. The summed E-state index contributed by atoms with van der Waals surface area (Å²) in [5, 5.41) is 8.75. The molecule has 0 saturated carbocycles. The Balaban J connectivity index is 1.50. The molecule has 1 aliphatic rings. The van der Waals surface area contributed by atoms with E-state index in [9.17, 15) is 4.79 Å². The Morgan fingerprint density at radius 2 is 2.07 bits per heavy atom. The molecule has 6 nitrogen and oxygen atoms in total. The maximum atomic E-state index is 12.2. The van der Waals surface area contributed by atoms with Crippen LogP contribution >= 0.6 is 11.3 Å². The molecule has 1 aliphatic heterocycles. The number of fused-ring (bicyclic) bond motifs is 1. The van der Waals surface area contributed by atoms with Gasteiger partial charge in [-0.1, -0.05) is 12.1 Å². The van der Waals surface area contributed by atoms with Crippen LogP contribution < -0.4 is 5.32 Å². The smallest absolute Gasteiger partial charge is 0.224 e. The molecule has 0 radical (unpaired) electrons. The minimum atomic E-state index is 0.174. The molecule has 1 N–H and O–H groups in total. The molecule has 3 aromatic rings. The van der Waals surface area contributed by atoms with Crippen LogP contribution in [-0.2, 0) is 9.53 Å². The van der Waals surface area contributed by atoms with E-state index < -0.39 is 0 Å². The van der Waals surface area contributed by atoms with Crippen LogP contribution in [0.5, 0.6) is 0 Å². The third-order valence-corrected chi connectivity index (χ3v) is 5.77. The minimum Gasteiger partial charge on any atom is -0.384 e. The van der Waals surface area contributed by atoms with Crippen molar-refractivity contribution in [2.45, 2.75) is 25.3 Å². The van der Waals surface area contributed by atoms with Gasteiger partial charge in [0, 0.05) is 42.6 Å². The second kappa shape index (κ2) is 8.67. The largest absolute Gasteiger partial charge is 0.384 e. The molecule has 7 heteroatoms. The summed E-state index contributed by atoms with van der Waals surface area (Å²) in [6.45, 7) is 2.01. The van der Waals surface area contributed by atoms with Crippen LogP contribution in [0.2, 0.25) is 0 Å². The van der Waals surface area contributed by atoms with Crippen LogP contribution in [0.25, 0.3) is 22.3 Å². The van der Waals surface area contributed by atoms with Gasteiger partial charge in [-0.05, 0) is 36.4 Å². The number of hydrogen-bond donors (Lipinski definition) is 1. The van der Waals surface area contributed by atoms with Gasteiger partial charge in [0.2, 0.25) is 5.91 Å². The standard InChI is InChI=1S/C21H24N4O2S/c1-27-12-8-19(26)25-10-6-16(7-11-25)22-21-17-4-2-3-5-18(17)23-20(24-21)15-9-13-28-14-15/h2-5,9,13-14,16H,6-8,10-12H2,1H3,(H,22,23,24). The van der Waals surface area contributed by atoms with Gasteiger partial charge in [-0.2, -0.15) is 11.3 Å². The molecule has 28 heavy (non-hydrogen) atoms. The lowest BCUT2D eigenvalue weighted by atomic mass is 10.0. The highest BCUT2D eigenvalue weighted by molar-refractivity contribution is 7.08. The third-order valence-electron chi connectivity index (χ3n) is 5.09. The first kappa shape index (κ1) is 18.8. The highest BCUT2D eigenvalue weighted by Crippen LogP contribution is 2.27. The number of nitrogens with one attached hydrogen (secondary N) is 1. The van der Waals surface area contributed by atoms with Gasteiger partial charge < -0.3 is 15.0 Å². The van der Waals surface area contributed by atoms with E-state index in [1.807, 2.05) is 34.5 Å². The predicted molar refractivity (Wildman–Crippen MR) is 113 cm³/mol. The fraction of sp³-hybridized carbons (Fsp3) is 0.381. The average Bonchev–Trinajstić information content (AvgIpc) is 3.27. The number of amides is 1. The zero-order valence-corrected chi connectivity index (χ0v) is 16.7. The van der Waals surface area contributed by atoms with E-state index in [1.54, 1.807) is 18.4 Å². The lowest BCUT2D eigenvalue weighted by molar-refractivity contribution is -0.133. The van der Waals surface area contributed by atoms with E-state index in [2.05, 4.69) is 16.8 Å². The van der Waals surface area contributed by atoms with Crippen LogP contribution in [0.3, 0.4) is 0 Å². The number of nitrogens with zero attached hydrogens (tertiary/aromatic N) is 3. The first-order chi connectivity index (χ1) is 13.7. The number of aromatic nitrogens is 2. The summed E-state index contributed by atoms with van der Waals surface area (Å²) in [5.41, 5.74) is 1.98. The van der Waals surface area contributed by atoms with Crippen LogP contribution in [0.4, 0.5) is 5.82 Å². The zero-order valence-electron chi connectivity index (χ0n) is 15.9. The maximum absolute atomic E-state index is 12.2. The second-order valence-electron chi connectivity index (χ2n) is 6.97. The molecule has 1 saturated heterocycles. The van der Waals surface area contributed by atoms with Gasteiger partial charge in [-0.25, -0.2) is 9.97 Å². The lowest BCUT2D eigenvalue weighted by Gasteiger charge is -2.33. The lowest BCUT2D eigenvalue weighted by Crippen LogP contribution is -2.42. The highest BCUT2D eigenvalue weighted by atomic mass is 32.1. The van der Waals surface area contributed by atoms with Crippen molar-refractivity contribution in [1.29, 1.82) is 0 Å². The molecule has 146 valence electrons. The molecular formula is C21H24N4O2S. The van der Waals surface area contributed by atoms with Crippen molar-refractivity contribution in [2.75, 3.05) is 32.1 Å². The number of thiophene rings is 1. The molecule has 1 aromatic carbocycles. The van der Waals surface area contributed by atoms with Crippen molar-refractivity contribution in [2.24, 2.45) is 0 Å². The van der Waals surface area contributed by atoms with Gasteiger partial charge in [0.15, 0.2) is 5.82 Å². The number of benzene rings is 1. The van der Waals surface area contributed by atoms with Gasteiger partial charge >= 0.3 is 0 Å². The molecule has 2 aromatic heterocycles. The zero-order chi connectivity index (χ0) is 19.3. The third kappa shape index (κ3) is 4.15. The first-order valence-electron chi connectivity index (χ1n) is 9.57. The quantitative estimate of drug-likeness (QED) is 0.686. The summed E-state index contributed by atoms with van der Waals surface area (Å²) >= 11 is 1.64. The normalized spacial score (nSPS) is 15.1. The fourth-order valence-corrected chi connectivity index (χ4v) is 4.16. The Labute approximate surface area is 168 Å². The van der Waals surface area contributed by atoms with E-state index in [-0.39, 0.29) is 5.91 Å². The average molecular weight is 397 g/mol. The molecule has 1 amide bonds. The van der Waals surface area contributed by atoms with Crippen LogP contribution in [0.1, 0.15) is 19.3 Å². The fourth-order valence-electron chi connectivity index (χ4n) is 3.52. The van der Waals surface area contributed by atoms with Crippen molar-refractivity contribution in [3.05, 3.63) is 41.1 Å². The first-order valence-corrected chi connectivity index (χ1v) is 10.5. The Bertz CT molecular complexity index is 937. The number of carbonyl (C=O) groups is 1. The summed E-state index contributed by atoms with van der Waals surface area (Å²) in [6, 6.07) is 10.4. The van der Waals surface area contributed by atoms with Crippen LogP contribution in [0, 0.1) is 0 Å². The monoisotopic (exact) mass is 396 g/mol. The topological polar surface area (TPSA) is 67.3 Å². The Morgan fingerprint density at radius 1 is 1.25 bits per heavy atom. The van der Waals surface area contributed by atoms with Gasteiger partial charge in [-0.3, -0.25) is 4.79 Å². The minimum absolute atomic E-state index is 0.174. The Morgan fingerprint density at radius 3 is 2.82 bits per heavy atom. The number of anilines is 1. The highest BCUT2D eigenvalue weighted by Gasteiger charge is 2.23. The molecule has 3 heterocycles. The number of hydrogen-bond acceptors (Lipinski definition) is 6. The van der Waals surface area contributed by atoms with Crippen molar-refractivity contribution < 1.29 is 9.53 Å². The van der Waals surface area contributed by atoms with E-state index >= 15 is 0 Å². The summed E-state index contributed by atoms with van der Waals surface area (Å²) in [6.07, 6.45) is 2.27. The number of ether oxygens (including phenoxy) is 1. The van der Waals surface area contributed by atoms with Gasteiger partial charge in [0.25, 0.3) is 0 Å². The van der Waals surface area contributed by atoms with Crippen molar-refractivity contribution in [3.8, 4) is 11.4 Å². The molecule has 0 bridgehead atoms. The van der Waals surface area contributed by atoms with E-state index in [0.717, 1.165) is 54.0 Å². The molecular weight excluding hydrogens is 372 g/mol. The molecule has 1 fully saturated rings. The maximum Gasteiger partial charge on any atom is 0.224 e. The summed E-state index contributed by atoms with van der Waals surface area (Å²) < 4.78 is 5.01. The molecule has 0 atom stereocenters. The van der Waals surface area contributed by atoms with E-state index in [0.29, 0.717) is 19.1 Å². The number of piperidine rings is 1. The molecule has 0 unspecified atom stereocenters. The van der Waals surface area contributed by atoms with Crippen molar-refractivity contribution in [3.63, 3.8) is 0 Å². The number of rotatable bonds is 6. The van der Waals surface area contributed by atoms with Gasteiger partial charge in [-0.15, -0.1) is 0 Å². The SMILES string of the molecule is COCCC(=O)N1CCC(Nc2nc(-c3ccsc3)nc3ccccc23)CC1. The van der Waals surface area contributed by atoms with E-state index in [1.165, 1.54) is 0 Å². The number of carbonyl (C=O) groups excluding carboxylic acids is 1. The molecule has 4 rings (SSSR count). The molecule has 0 spiro atoms. The van der Waals surface area contributed by atoms with Crippen molar-refractivity contribution >= 4 is 34.0 Å². The van der Waals surface area contributed by atoms with Gasteiger partial charge in [0.1, 0.15) is 5.82 Å². The van der Waals surface area contributed by atoms with Crippen LogP contribution in [-0.4, -0.2) is 53.6 Å². The Hall–Kier alpha value is -2.51. The van der Waals surface area contributed by atoms with Gasteiger partial charge in [0.05, 0.1) is 18.5 Å².